The van der Waals surface area contributed by atoms with Crippen molar-refractivity contribution in [3.63, 3.8) is 0 Å². The Kier molecular flexibility index (Phi) is 7.92. The van der Waals surface area contributed by atoms with Crippen LogP contribution in [0.25, 0.3) is 0 Å². The molecule has 0 spiro atoms. The van der Waals surface area contributed by atoms with E-state index in [1.165, 1.54) is 0 Å². The Labute approximate surface area is 155 Å². The second kappa shape index (κ2) is 9.22. The van der Waals surface area contributed by atoms with E-state index in [1.807, 2.05) is 0 Å². The van der Waals surface area contributed by atoms with E-state index >= 15 is 0 Å². The first-order chi connectivity index (χ1) is 11.5. The fraction of sp³-hybridized carbons (Fsp3) is 0.471. The summed E-state index contributed by atoms with van der Waals surface area (Å²) in [5.41, 5.74) is -0.0670. The van der Waals surface area contributed by atoms with Gasteiger partial charge in [0.05, 0.1) is 0 Å². The van der Waals surface area contributed by atoms with E-state index in [1.54, 1.807) is 51.1 Å². The smallest absolute Gasteiger partial charge is 0.425 e. The van der Waals surface area contributed by atoms with Gasteiger partial charge in [-0.2, -0.15) is 17.4 Å². The van der Waals surface area contributed by atoms with Gasteiger partial charge in [0.2, 0.25) is 0 Å². The molecule has 8 heteroatoms. The number of carbonyl (C=O) groups is 1. The normalized spacial score (nSPS) is 11.8. The van der Waals surface area contributed by atoms with Crippen molar-refractivity contribution < 1.29 is 17.9 Å². The van der Waals surface area contributed by atoms with Crippen LogP contribution in [0.4, 0.5) is 4.79 Å². The zero-order valence-electron chi connectivity index (χ0n) is 14.8. The van der Waals surface area contributed by atoms with Crippen molar-refractivity contribution >= 4 is 27.9 Å². The molecule has 0 saturated heterocycles. The van der Waals surface area contributed by atoms with Crippen molar-refractivity contribution in [2.45, 2.75) is 45.8 Å². The number of benzene rings is 1. The van der Waals surface area contributed by atoms with E-state index in [4.69, 9.17) is 16.3 Å². The van der Waals surface area contributed by atoms with Gasteiger partial charge in [0.25, 0.3) is 0 Å². The Balaban J connectivity index is 2.86. The van der Waals surface area contributed by atoms with Gasteiger partial charge >= 0.3 is 16.3 Å². The van der Waals surface area contributed by atoms with Crippen LogP contribution in [-0.2, 0) is 21.5 Å². The molecule has 140 valence electrons. The van der Waals surface area contributed by atoms with E-state index in [0.717, 1.165) is 9.87 Å². The summed E-state index contributed by atoms with van der Waals surface area (Å²) in [7, 11) is -4.04. The summed E-state index contributed by atoms with van der Waals surface area (Å²) in [5, 5.41) is 0.561. The average molecular weight is 389 g/mol. The molecule has 0 unspecified atom stereocenters. The average Bonchev–Trinajstić information content (AvgIpc) is 2.49. The molecule has 0 heterocycles. The lowest BCUT2D eigenvalue weighted by molar-refractivity contribution is 0.0388. The van der Waals surface area contributed by atoms with Gasteiger partial charge in [0.15, 0.2) is 0 Å². The second-order valence-electron chi connectivity index (χ2n) is 6.44. The topological polar surface area (TPSA) is 75.7 Å². The number of unbranched alkanes of at least 4 members (excludes halogenated alkanes) is 1. The van der Waals surface area contributed by atoms with Crippen LogP contribution in [0.5, 0.6) is 0 Å². The minimum Gasteiger partial charge on any atom is -0.443 e. The maximum absolute atomic E-state index is 12.6. The molecule has 25 heavy (non-hydrogen) atoms. The third kappa shape index (κ3) is 7.90. The maximum Gasteiger partial charge on any atom is 0.425 e. The van der Waals surface area contributed by atoms with Crippen molar-refractivity contribution in [3.05, 3.63) is 47.5 Å². The third-order valence-electron chi connectivity index (χ3n) is 3.03. The van der Waals surface area contributed by atoms with Gasteiger partial charge in [0.1, 0.15) is 5.60 Å². The maximum atomic E-state index is 12.6. The van der Waals surface area contributed by atoms with E-state index in [2.05, 4.69) is 11.3 Å². The fourth-order valence-corrected chi connectivity index (χ4v) is 3.09. The van der Waals surface area contributed by atoms with Crippen molar-refractivity contribution in [1.82, 2.24) is 9.03 Å². The number of ether oxygens (including phenoxy) is 1. The molecule has 0 aliphatic carbocycles. The summed E-state index contributed by atoms with van der Waals surface area (Å²) in [5.74, 6) is 0. The lowest BCUT2D eigenvalue weighted by Crippen LogP contribution is -2.46. The van der Waals surface area contributed by atoms with Crippen molar-refractivity contribution in [2.75, 3.05) is 6.54 Å². The molecule has 0 atom stereocenters. The first kappa shape index (κ1) is 21.5. The monoisotopic (exact) mass is 388 g/mol. The van der Waals surface area contributed by atoms with Crippen LogP contribution < -0.4 is 4.72 Å². The summed E-state index contributed by atoms with van der Waals surface area (Å²) >= 11 is 5.81. The molecule has 6 nitrogen and oxygen atoms in total. The molecule has 0 aliphatic rings. The van der Waals surface area contributed by atoms with E-state index in [-0.39, 0.29) is 13.1 Å². The second-order valence-corrected chi connectivity index (χ2v) is 8.55. The molecule has 1 amide bonds. The number of allylic oxidation sites excluding steroid dienone is 1. The van der Waals surface area contributed by atoms with Crippen LogP contribution >= 0.6 is 11.6 Å². The number of rotatable bonds is 8. The highest BCUT2D eigenvalue weighted by Gasteiger charge is 2.31. The zero-order valence-corrected chi connectivity index (χ0v) is 16.4. The predicted octanol–water partition coefficient (Wildman–Crippen LogP) is 3.88. The molecular formula is C17H25ClN2O4S. The SMILES string of the molecule is C=CCCCN(C(=O)OC(C)(C)C)S(=O)(=O)NCc1ccc(Cl)cc1. The Morgan fingerprint density at radius 2 is 1.92 bits per heavy atom. The molecule has 0 saturated carbocycles. The summed E-state index contributed by atoms with van der Waals surface area (Å²) in [4.78, 5) is 12.3. The Morgan fingerprint density at radius 3 is 2.44 bits per heavy atom. The van der Waals surface area contributed by atoms with Gasteiger partial charge in [-0.1, -0.05) is 29.8 Å². The number of carbonyl (C=O) groups excluding carboxylic acids is 1. The molecular weight excluding hydrogens is 364 g/mol. The van der Waals surface area contributed by atoms with Crippen LogP contribution in [0.2, 0.25) is 5.02 Å². The molecule has 1 N–H and O–H groups in total. The van der Waals surface area contributed by atoms with Crippen LogP contribution in [-0.4, -0.2) is 31.0 Å². The Bertz CT molecular complexity index is 682. The van der Waals surface area contributed by atoms with E-state index in [9.17, 15) is 13.2 Å². The van der Waals surface area contributed by atoms with Gasteiger partial charge in [-0.15, -0.1) is 6.58 Å². The number of amides is 1. The molecule has 0 fully saturated rings. The third-order valence-corrected chi connectivity index (χ3v) is 4.70. The van der Waals surface area contributed by atoms with Crippen molar-refractivity contribution in [2.24, 2.45) is 0 Å². The zero-order chi connectivity index (χ0) is 19.1. The number of hydrogen-bond donors (Lipinski definition) is 1. The number of nitrogens with one attached hydrogen (secondary N) is 1. The highest BCUT2D eigenvalue weighted by atomic mass is 35.5. The summed E-state index contributed by atoms with van der Waals surface area (Å²) in [6.45, 7) is 8.69. The van der Waals surface area contributed by atoms with Crippen LogP contribution in [0.3, 0.4) is 0 Å². The van der Waals surface area contributed by atoms with Crippen molar-refractivity contribution in [3.8, 4) is 0 Å². The Hall–Kier alpha value is -1.57. The summed E-state index contributed by atoms with van der Waals surface area (Å²) in [6, 6.07) is 6.75. The standard InChI is InChI=1S/C17H25ClN2O4S/c1-5-6-7-12-20(16(21)24-17(2,3)4)25(22,23)19-13-14-8-10-15(18)11-9-14/h5,8-11,19H,1,6-7,12-13H2,2-4H3. The van der Waals surface area contributed by atoms with Gasteiger partial charge in [0, 0.05) is 18.1 Å². The first-order valence-corrected chi connectivity index (χ1v) is 9.72. The van der Waals surface area contributed by atoms with E-state index < -0.39 is 21.9 Å². The number of hydrogen-bond acceptors (Lipinski definition) is 4. The molecule has 1 rings (SSSR count). The number of nitrogens with zero attached hydrogens (tertiary/aromatic N) is 1. The van der Waals surface area contributed by atoms with E-state index in [0.29, 0.717) is 17.9 Å². The predicted molar refractivity (Wildman–Crippen MR) is 99.6 cm³/mol. The highest BCUT2D eigenvalue weighted by molar-refractivity contribution is 7.87. The minimum atomic E-state index is -4.04. The Morgan fingerprint density at radius 1 is 1.32 bits per heavy atom. The first-order valence-electron chi connectivity index (χ1n) is 7.91. The number of halogens is 1. The molecule has 0 aliphatic heterocycles. The van der Waals surface area contributed by atoms with Gasteiger partial charge < -0.3 is 4.74 Å². The van der Waals surface area contributed by atoms with Crippen LogP contribution in [0.15, 0.2) is 36.9 Å². The molecule has 1 aromatic rings. The van der Waals surface area contributed by atoms with Gasteiger partial charge in [-0.3, -0.25) is 0 Å². The molecule has 1 aromatic carbocycles. The van der Waals surface area contributed by atoms with Gasteiger partial charge in [-0.25, -0.2) is 4.79 Å². The minimum absolute atomic E-state index is 0.0108. The molecule has 0 bridgehead atoms. The lowest BCUT2D eigenvalue weighted by atomic mass is 10.2. The molecule has 0 radical (unpaired) electrons. The van der Waals surface area contributed by atoms with Gasteiger partial charge in [-0.05, 0) is 51.3 Å². The lowest BCUT2D eigenvalue weighted by Gasteiger charge is -2.27. The summed E-state index contributed by atoms with van der Waals surface area (Å²) in [6.07, 6.45) is 1.82. The van der Waals surface area contributed by atoms with Crippen molar-refractivity contribution in [1.29, 1.82) is 0 Å². The fourth-order valence-electron chi connectivity index (χ4n) is 1.86. The quantitative estimate of drug-likeness (QED) is 0.541. The molecule has 0 aromatic heterocycles. The highest BCUT2D eigenvalue weighted by Crippen LogP contribution is 2.14. The summed E-state index contributed by atoms with van der Waals surface area (Å²) < 4.78 is 33.5. The largest absolute Gasteiger partial charge is 0.443 e. The van der Waals surface area contributed by atoms with Crippen LogP contribution in [0, 0.1) is 0 Å². The van der Waals surface area contributed by atoms with Crippen LogP contribution in [0.1, 0.15) is 39.2 Å².